The largest absolute Gasteiger partial charge is 0.350 e. The van der Waals surface area contributed by atoms with Crippen LogP contribution in [0.25, 0.3) is 0 Å². The van der Waals surface area contributed by atoms with Gasteiger partial charge >= 0.3 is 0 Å². The summed E-state index contributed by atoms with van der Waals surface area (Å²) in [6.45, 7) is 9.52. The van der Waals surface area contributed by atoms with Crippen molar-refractivity contribution in [2.24, 2.45) is 0 Å². The van der Waals surface area contributed by atoms with Gasteiger partial charge < -0.3 is 10.6 Å². The van der Waals surface area contributed by atoms with Gasteiger partial charge in [-0.1, -0.05) is 6.08 Å². The first-order chi connectivity index (χ1) is 8.06. The summed E-state index contributed by atoms with van der Waals surface area (Å²) in [5, 5.41) is 5.60. The average molecular weight is 275 g/mol. The van der Waals surface area contributed by atoms with Crippen molar-refractivity contribution < 1.29 is 9.59 Å². The van der Waals surface area contributed by atoms with Gasteiger partial charge in [-0.3, -0.25) is 9.59 Å². The van der Waals surface area contributed by atoms with Crippen molar-refractivity contribution in [2.75, 3.05) is 5.88 Å². The molecule has 0 aromatic rings. The van der Waals surface area contributed by atoms with E-state index in [2.05, 4.69) is 10.6 Å². The first-order valence-electron chi connectivity index (χ1n) is 5.91. The van der Waals surface area contributed by atoms with Crippen LogP contribution in [0.15, 0.2) is 12.2 Å². The summed E-state index contributed by atoms with van der Waals surface area (Å²) in [5.41, 5.74) is -0.658. The van der Waals surface area contributed by atoms with E-state index in [1.807, 2.05) is 34.6 Å². The minimum atomic E-state index is -0.412. The van der Waals surface area contributed by atoms with Crippen LogP contribution in [-0.4, -0.2) is 28.8 Å². The van der Waals surface area contributed by atoms with Crippen LogP contribution in [-0.2, 0) is 9.59 Å². The zero-order valence-electron chi connectivity index (χ0n) is 11.8. The molecule has 0 aliphatic heterocycles. The normalized spacial score (nSPS) is 12.6. The Hall–Kier alpha value is -1.03. The van der Waals surface area contributed by atoms with Crippen molar-refractivity contribution in [2.45, 2.75) is 52.1 Å². The molecule has 0 rings (SSSR count). The molecule has 104 valence electrons. The van der Waals surface area contributed by atoms with Crippen LogP contribution in [0.2, 0.25) is 0 Å². The van der Waals surface area contributed by atoms with Crippen LogP contribution >= 0.6 is 11.6 Å². The number of rotatable bonds is 5. The molecule has 0 aromatic heterocycles. The van der Waals surface area contributed by atoms with Gasteiger partial charge in [0.25, 0.3) is 0 Å². The highest BCUT2D eigenvalue weighted by atomic mass is 35.5. The maximum atomic E-state index is 11.5. The van der Waals surface area contributed by atoms with E-state index in [0.717, 1.165) is 0 Å². The molecule has 2 amide bonds. The average Bonchev–Trinajstić information content (AvgIpc) is 2.13. The fourth-order valence-corrected chi connectivity index (χ4v) is 1.40. The summed E-state index contributed by atoms with van der Waals surface area (Å²) in [6, 6.07) is 0. The molecule has 0 aliphatic carbocycles. The Bertz CT molecular complexity index is 330. The van der Waals surface area contributed by atoms with Crippen LogP contribution < -0.4 is 10.6 Å². The monoisotopic (exact) mass is 274 g/mol. The molecule has 0 saturated heterocycles. The first kappa shape index (κ1) is 17.0. The predicted octanol–water partition coefficient (Wildman–Crippen LogP) is 1.98. The van der Waals surface area contributed by atoms with Gasteiger partial charge in [0.05, 0.1) is 0 Å². The highest BCUT2D eigenvalue weighted by Crippen LogP contribution is 2.09. The summed E-state index contributed by atoms with van der Waals surface area (Å²) in [6.07, 6.45) is 3.79. The van der Waals surface area contributed by atoms with Crippen molar-refractivity contribution in [1.29, 1.82) is 0 Å². The number of hydrogen-bond acceptors (Lipinski definition) is 2. The third-order valence-electron chi connectivity index (χ3n) is 1.99. The Morgan fingerprint density at radius 3 is 2.11 bits per heavy atom. The lowest BCUT2D eigenvalue weighted by Gasteiger charge is -2.24. The molecule has 0 bridgehead atoms. The molecule has 0 radical (unpaired) electrons. The van der Waals surface area contributed by atoms with Crippen molar-refractivity contribution >= 4 is 23.4 Å². The van der Waals surface area contributed by atoms with Crippen molar-refractivity contribution in [3.63, 3.8) is 0 Å². The number of alkyl halides is 1. The molecule has 0 unspecified atom stereocenters. The van der Waals surface area contributed by atoms with Crippen molar-refractivity contribution in [3.8, 4) is 0 Å². The molecule has 2 N–H and O–H groups in total. The van der Waals surface area contributed by atoms with Crippen molar-refractivity contribution in [1.82, 2.24) is 10.6 Å². The minimum absolute atomic E-state index is 0.0579. The van der Waals surface area contributed by atoms with E-state index >= 15 is 0 Å². The molecule has 5 heteroatoms. The molecule has 0 spiro atoms. The summed E-state index contributed by atoms with van der Waals surface area (Å²) in [7, 11) is 0. The lowest BCUT2D eigenvalue weighted by atomic mass is 10.0. The first-order valence-corrected chi connectivity index (χ1v) is 6.45. The molecule has 4 nitrogen and oxygen atoms in total. The molecular weight excluding hydrogens is 252 g/mol. The zero-order chi connectivity index (χ0) is 14.4. The molecule has 0 heterocycles. The van der Waals surface area contributed by atoms with Gasteiger partial charge in [-0.2, -0.15) is 0 Å². The van der Waals surface area contributed by atoms with E-state index in [-0.39, 0.29) is 23.2 Å². The van der Waals surface area contributed by atoms with E-state index < -0.39 is 5.54 Å². The molecule has 0 saturated carbocycles. The van der Waals surface area contributed by atoms with E-state index in [1.54, 1.807) is 6.08 Å². The number of amides is 2. The number of carbonyl (C=O) groups is 2. The Morgan fingerprint density at radius 2 is 1.67 bits per heavy atom. The van der Waals surface area contributed by atoms with Gasteiger partial charge in [0, 0.05) is 11.1 Å². The summed E-state index contributed by atoms with van der Waals surface area (Å²) < 4.78 is 0. The second-order valence-electron chi connectivity index (χ2n) is 5.91. The van der Waals surface area contributed by atoms with Crippen LogP contribution in [0.1, 0.15) is 41.0 Å². The van der Waals surface area contributed by atoms with E-state index in [9.17, 15) is 9.59 Å². The fourth-order valence-electron chi connectivity index (χ4n) is 1.33. The third kappa shape index (κ3) is 9.05. The van der Waals surface area contributed by atoms with Gasteiger partial charge in [-0.15, -0.1) is 11.6 Å². The number of hydrogen-bond donors (Lipinski definition) is 2. The lowest BCUT2D eigenvalue weighted by Crippen LogP contribution is -2.43. The second-order valence-corrected chi connectivity index (χ2v) is 6.18. The van der Waals surface area contributed by atoms with E-state index in [4.69, 9.17) is 11.6 Å². The summed E-state index contributed by atoms with van der Waals surface area (Å²) >= 11 is 5.42. The van der Waals surface area contributed by atoms with Crippen LogP contribution in [0.4, 0.5) is 0 Å². The molecule has 18 heavy (non-hydrogen) atoms. The van der Waals surface area contributed by atoms with E-state index in [0.29, 0.717) is 6.42 Å². The standard InChI is InChI=1S/C13H23ClN2O2/c1-12(2,3)15-10(17)7-6-8-13(4,5)16-11(18)9-14/h6-7H,8-9H2,1-5H3,(H,15,17)(H,16,18)/b7-6-. The van der Waals surface area contributed by atoms with Gasteiger partial charge in [0.2, 0.25) is 11.8 Å². The Balaban J connectivity index is 4.22. The summed E-state index contributed by atoms with van der Waals surface area (Å²) in [4.78, 5) is 22.7. The smallest absolute Gasteiger partial charge is 0.244 e. The molecule has 0 fully saturated rings. The number of carbonyl (C=O) groups excluding carboxylic acids is 2. The molecular formula is C13H23ClN2O2. The Kier molecular flexibility index (Phi) is 6.39. The zero-order valence-corrected chi connectivity index (χ0v) is 12.5. The Morgan fingerprint density at radius 1 is 1.11 bits per heavy atom. The SMILES string of the molecule is CC(C)(C)NC(=O)/C=C\CC(C)(C)NC(=O)CCl. The van der Waals surface area contributed by atoms with Crippen LogP contribution in [0.5, 0.6) is 0 Å². The van der Waals surface area contributed by atoms with Crippen LogP contribution in [0.3, 0.4) is 0 Å². The van der Waals surface area contributed by atoms with Crippen molar-refractivity contribution in [3.05, 3.63) is 12.2 Å². The van der Waals surface area contributed by atoms with Gasteiger partial charge in [-0.05, 0) is 47.1 Å². The predicted molar refractivity (Wildman–Crippen MR) is 74.6 cm³/mol. The van der Waals surface area contributed by atoms with Crippen LogP contribution in [0, 0.1) is 0 Å². The maximum Gasteiger partial charge on any atom is 0.244 e. The topological polar surface area (TPSA) is 58.2 Å². The lowest BCUT2D eigenvalue weighted by molar-refractivity contribution is -0.120. The third-order valence-corrected chi connectivity index (χ3v) is 2.24. The maximum absolute atomic E-state index is 11.5. The highest BCUT2D eigenvalue weighted by Gasteiger charge is 2.18. The fraction of sp³-hybridized carbons (Fsp3) is 0.692. The quantitative estimate of drug-likeness (QED) is 0.595. The highest BCUT2D eigenvalue weighted by molar-refractivity contribution is 6.27. The number of halogens is 1. The second kappa shape index (κ2) is 6.78. The molecule has 0 atom stereocenters. The molecule has 0 aliphatic rings. The van der Waals surface area contributed by atoms with Gasteiger partial charge in [-0.25, -0.2) is 0 Å². The molecule has 0 aromatic carbocycles. The summed E-state index contributed by atoms with van der Waals surface area (Å²) in [5.74, 6) is -0.409. The van der Waals surface area contributed by atoms with Gasteiger partial charge in [0.1, 0.15) is 5.88 Å². The van der Waals surface area contributed by atoms with E-state index in [1.165, 1.54) is 6.08 Å². The Labute approximate surface area is 114 Å². The number of nitrogens with one attached hydrogen (secondary N) is 2. The van der Waals surface area contributed by atoms with Gasteiger partial charge in [0.15, 0.2) is 0 Å². The minimum Gasteiger partial charge on any atom is -0.350 e.